The Morgan fingerprint density at radius 1 is 1.16 bits per heavy atom. The fourth-order valence-electron chi connectivity index (χ4n) is 2.73. The largest absolute Gasteiger partial charge is 0.486 e. The third kappa shape index (κ3) is 4.19. The zero-order valence-corrected chi connectivity index (χ0v) is 13.8. The van der Waals surface area contributed by atoms with Gasteiger partial charge in [-0.3, -0.25) is 0 Å². The van der Waals surface area contributed by atoms with E-state index in [9.17, 15) is 13.2 Å². The number of nitrogens with one attached hydrogen (secondary N) is 1. The number of benzene rings is 1. The molecule has 1 aromatic heterocycles. The maximum Gasteiger partial charge on any atom is 0.416 e. The summed E-state index contributed by atoms with van der Waals surface area (Å²) in [6.07, 6.45) is -1.42. The lowest BCUT2D eigenvalue weighted by molar-refractivity contribution is -0.138. The molecular weight excluding hydrogens is 333 g/mol. The van der Waals surface area contributed by atoms with Crippen LogP contribution >= 0.6 is 0 Å². The molecule has 1 N–H and O–H groups in total. The molecule has 0 amide bonds. The first-order valence-electron chi connectivity index (χ1n) is 8.01. The highest BCUT2D eigenvalue weighted by Crippen LogP contribution is 2.33. The van der Waals surface area contributed by atoms with Crippen LogP contribution in [0.5, 0.6) is 5.75 Å². The molecule has 8 heteroatoms. The molecular formula is C17H19F3N4O. The minimum absolute atomic E-state index is 0.126. The molecule has 0 aliphatic carbocycles. The molecule has 1 saturated heterocycles. The van der Waals surface area contributed by atoms with Crippen LogP contribution in [0.25, 0.3) is 0 Å². The predicted octanol–water partition coefficient (Wildman–Crippen LogP) is 2.79. The quantitative estimate of drug-likeness (QED) is 0.917. The number of piperazine rings is 1. The van der Waals surface area contributed by atoms with Crippen molar-refractivity contribution >= 4 is 5.95 Å². The summed E-state index contributed by atoms with van der Waals surface area (Å²) in [5, 5.41) is 3.24. The standard InChI is InChI=1S/C17H19F3N4O/c1-12-3-2-4-15(17(18,19)20)14(12)11-25-13-9-22-16(23-10-13)24-7-5-21-6-8-24/h2-4,9-10,21H,5-8,11H2,1H3. The number of aromatic nitrogens is 2. The summed E-state index contributed by atoms with van der Waals surface area (Å²) < 4.78 is 44.9. The highest BCUT2D eigenvalue weighted by atomic mass is 19.4. The lowest BCUT2D eigenvalue weighted by Crippen LogP contribution is -2.44. The third-order valence-corrected chi connectivity index (χ3v) is 4.11. The smallest absolute Gasteiger partial charge is 0.416 e. The van der Waals surface area contributed by atoms with E-state index < -0.39 is 11.7 Å². The van der Waals surface area contributed by atoms with Crippen molar-refractivity contribution in [2.24, 2.45) is 0 Å². The Balaban J connectivity index is 1.70. The predicted molar refractivity (Wildman–Crippen MR) is 87.6 cm³/mol. The lowest BCUT2D eigenvalue weighted by Gasteiger charge is -2.27. The Morgan fingerprint density at radius 3 is 2.48 bits per heavy atom. The fourth-order valence-corrected chi connectivity index (χ4v) is 2.73. The number of hydrogen-bond acceptors (Lipinski definition) is 5. The minimum atomic E-state index is -4.41. The Labute approximate surface area is 143 Å². The fraction of sp³-hybridized carbons (Fsp3) is 0.412. The number of nitrogens with zero attached hydrogens (tertiary/aromatic N) is 3. The Kier molecular flexibility index (Phi) is 5.08. The van der Waals surface area contributed by atoms with E-state index >= 15 is 0 Å². The molecule has 2 heterocycles. The van der Waals surface area contributed by atoms with Gasteiger partial charge in [0, 0.05) is 31.7 Å². The van der Waals surface area contributed by atoms with Crippen molar-refractivity contribution < 1.29 is 17.9 Å². The van der Waals surface area contributed by atoms with Gasteiger partial charge in [0.25, 0.3) is 0 Å². The SMILES string of the molecule is Cc1cccc(C(F)(F)F)c1COc1cnc(N2CCNCC2)nc1. The monoisotopic (exact) mass is 352 g/mol. The Morgan fingerprint density at radius 2 is 1.84 bits per heavy atom. The number of alkyl halides is 3. The average molecular weight is 352 g/mol. The van der Waals surface area contributed by atoms with Crippen molar-refractivity contribution in [3.8, 4) is 5.75 Å². The summed E-state index contributed by atoms with van der Waals surface area (Å²) in [7, 11) is 0. The van der Waals surface area contributed by atoms with Gasteiger partial charge >= 0.3 is 6.18 Å². The van der Waals surface area contributed by atoms with Crippen LogP contribution in [0, 0.1) is 6.92 Å². The van der Waals surface area contributed by atoms with Crippen LogP contribution < -0.4 is 15.0 Å². The number of ether oxygens (including phenoxy) is 1. The molecule has 0 saturated carbocycles. The van der Waals surface area contributed by atoms with Gasteiger partial charge in [0.2, 0.25) is 5.95 Å². The van der Waals surface area contributed by atoms with E-state index in [4.69, 9.17) is 4.74 Å². The second kappa shape index (κ2) is 7.26. The van der Waals surface area contributed by atoms with Crippen molar-refractivity contribution in [2.45, 2.75) is 19.7 Å². The van der Waals surface area contributed by atoms with E-state index in [1.165, 1.54) is 18.5 Å². The van der Waals surface area contributed by atoms with Gasteiger partial charge in [0.15, 0.2) is 5.75 Å². The normalized spacial score (nSPS) is 15.3. The molecule has 25 heavy (non-hydrogen) atoms. The van der Waals surface area contributed by atoms with Gasteiger partial charge in [-0.25, -0.2) is 9.97 Å². The number of halogens is 3. The molecule has 0 atom stereocenters. The Bertz CT molecular complexity index is 713. The first-order chi connectivity index (χ1) is 11.9. The second-order valence-corrected chi connectivity index (χ2v) is 5.84. The maximum atomic E-state index is 13.1. The molecule has 3 rings (SSSR count). The number of aryl methyl sites for hydroxylation is 1. The van der Waals surface area contributed by atoms with E-state index in [1.807, 2.05) is 4.90 Å². The molecule has 1 aromatic carbocycles. The van der Waals surface area contributed by atoms with Gasteiger partial charge < -0.3 is 15.0 Å². The molecule has 0 unspecified atom stereocenters. The van der Waals surface area contributed by atoms with Crippen LogP contribution in [0.15, 0.2) is 30.6 Å². The molecule has 134 valence electrons. The molecule has 2 aromatic rings. The van der Waals surface area contributed by atoms with Crippen molar-refractivity contribution in [2.75, 3.05) is 31.1 Å². The van der Waals surface area contributed by atoms with Gasteiger partial charge in [-0.15, -0.1) is 0 Å². The third-order valence-electron chi connectivity index (χ3n) is 4.11. The molecule has 0 spiro atoms. The highest BCUT2D eigenvalue weighted by molar-refractivity contribution is 5.37. The van der Waals surface area contributed by atoms with Crippen molar-refractivity contribution in [1.29, 1.82) is 0 Å². The molecule has 0 bridgehead atoms. The number of anilines is 1. The van der Waals surface area contributed by atoms with Crippen LogP contribution in [-0.4, -0.2) is 36.1 Å². The average Bonchev–Trinajstić information content (AvgIpc) is 2.61. The number of rotatable bonds is 4. The second-order valence-electron chi connectivity index (χ2n) is 5.84. The van der Waals surface area contributed by atoms with Crippen molar-refractivity contribution in [1.82, 2.24) is 15.3 Å². The van der Waals surface area contributed by atoms with E-state index in [0.29, 0.717) is 17.3 Å². The molecule has 1 aliphatic rings. The molecule has 5 nitrogen and oxygen atoms in total. The molecule has 1 fully saturated rings. The van der Waals surface area contributed by atoms with Gasteiger partial charge in [-0.2, -0.15) is 13.2 Å². The van der Waals surface area contributed by atoms with Gasteiger partial charge in [-0.1, -0.05) is 12.1 Å². The highest BCUT2D eigenvalue weighted by Gasteiger charge is 2.33. The summed E-state index contributed by atoms with van der Waals surface area (Å²) in [4.78, 5) is 10.5. The summed E-state index contributed by atoms with van der Waals surface area (Å²) in [6.45, 7) is 4.83. The van der Waals surface area contributed by atoms with E-state index in [-0.39, 0.29) is 12.2 Å². The van der Waals surface area contributed by atoms with Gasteiger partial charge in [-0.05, 0) is 18.6 Å². The van der Waals surface area contributed by atoms with Crippen LogP contribution in [0.4, 0.5) is 19.1 Å². The minimum Gasteiger partial charge on any atom is -0.486 e. The maximum absolute atomic E-state index is 13.1. The van der Waals surface area contributed by atoms with Crippen LogP contribution in [0.1, 0.15) is 16.7 Å². The zero-order valence-electron chi connectivity index (χ0n) is 13.8. The van der Waals surface area contributed by atoms with Crippen LogP contribution in [-0.2, 0) is 12.8 Å². The summed E-state index contributed by atoms with van der Waals surface area (Å²) in [6, 6.07) is 4.10. The van der Waals surface area contributed by atoms with Crippen molar-refractivity contribution in [3.63, 3.8) is 0 Å². The van der Waals surface area contributed by atoms with E-state index in [1.54, 1.807) is 13.0 Å². The first kappa shape index (κ1) is 17.5. The zero-order chi connectivity index (χ0) is 17.9. The van der Waals surface area contributed by atoms with E-state index in [0.717, 1.165) is 32.2 Å². The van der Waals surface area contributed by atoms with Gasteiger partial charge in [0.05, 0.1) is 18.0 Å². The van der Waals surface area contributed by atoms with Crippen LogP contribution in [0.3, 0.4) is 0 Å². The molecule has 0 radical (unpaired) electrons. The molecule has 1 aliphatic heterocycles. The van der Waals surface area contributed by atoms with Gasteiger partial charge in [0.1, 0.15) is 6.61 Å². The summed E-state index contributed by atoms with van der Waals surface area (Å²) in [5.74, 6) is 0.941. The first-order valence-corrected chi connectivity index (χ1v) is 8.01. The summed E-state index contributed by atoms with van der Waals surface area (Å²) in [5.41, 5.74) is -0.0137. The lowest BCUT2D eigenvalue weighted by atomic mass is 10.0. The number of hydrogen-bond donors (Lipinski definition) is 1. The van der Waals surface area contributed by atoms with Crippen LogP contribution in [0.2, 0.25) is 0 Å². The summed E-state index contributed by atoms with van der Waals surface area (Å²) >= 11 is 0. The van der Waals surface area contributed by atoms with Crippen molar-refractivity contribution in [3.05, 3.63) is 47.3 Å². The Hall–Kier alpha value is -2.35. The van der Waals surface area contributed by atoms with E-state index in [2.05, 4.69) is 15.3 Å². The topological polar surface area (TPSA) is 50.3 Å².